The molecule has 0 radical (unpaired) electrons. The molecule has 0 unspecified atom stereocenters. The Morgan fingerprint density at radius 1 is 0.381 bits per heavy atom. The van der Waals surface area contributed by atoms with Crippen molar-refractivity contribution in [2.45, 2.75) is 0 Å². The van der Waals surface area contributed by atoms with Gasteiger partial charge in [-0.2, -0.15) is 0 Å². The third-order valence-corrected chi connectivity index (χ3v) is 14.0. The smallest absolute Gasteiger partial charge is 0.165 e. The van der Waals surface area contributed by atoms with Crippen LogP contribution in [0.1, 0.15) is 0 Å². The van der Waals surface area contributed by atoms with Gasteiger partial charge >= 0.3 is 0 Å². The van der Waals surface area contributed by atoms with E-state index in [1.54, 1.807) is 11.3 Å². The molecule has 0 N–H and O–H groups in total. The first-order valence-electron chi connectivity index (χ1n) is 21.2. The van der Waals surface area contributed by atoms with E-state index in [2.05, 4.69) is 180 Å². The van der Waals surface area contributed by atoms with Gasteiger partial charge in [-0.25, -0.2) is 15.0 Å². The van der Waals surface area contributed by atoms with E-state index in [0.29, 0.717) is 17.5 Å². The fourth-order valence-electron chi connectivity index (χ4n) is 9.89. The first kappa shape index (κ1) is 34.5. The molecule has 4 heterocycles. The van der Waals surface area contributed by atoms with Gasteiger partial charge in [-0.1, -0.05) is 133 Å². The summed E-state index contributed by atoms with van der Waals surface area (Å²) in [6.07, 6.45) is 0. The molecule has 14 aromatic rings. The van der Waals surface area contributed by atoms with Gasteiger partial charge in [-0.05, 0) is 93.0 Å². The Morgan fingerprint density at radius 2 is 1.08 bits per heavy atom. The predicted molar refractivity (Wildman–Crippen MR) is 263 cm³/mol. The van der Waals surface area contributed by atoms with E-state index in [1.165, 1.54) is 63.5 Å². The number of nitrogens with zero attached hydrogens (tertiary/aromatic N) is 4. The van der Waals surface area contributed by atoms with E-state index in [0.717, 1.165) is 55.1 Å². The van der Waals surface area contributed by atoms with Crippen molar-refractivity contribution in [3.8, 4) is 39.9 Å². The van der Waals surface area contributed by atoms with E-state index < -0.39 is 0 Å². The van der Waals surface area contributed by atoms with Gasteiger partial charge in [0.2, 0.25) is 0 Å². The monoisotopic (exact) mass is 820 g/mol. The first-order chi connectivity index (χ1) is 31.2. The van der Waals surface area contributed by atoms with Crippen LogP contribution in [0.2, 0.25) is 0 Å². The summed E-state index contributed by atoms with van der Waals surface area (Å²) in [6, 6.07) is 69.1. The van der Waals surface area contributed by atoms with Gasteiger partial charge in [0.25, 0.3) is 0 Å². The number of benzene rings is 10. The normalized spacial score (nSPS) is 12.1. The van der Waals surface area contributed by atoms with Gasteiger partial charge in [0, 0.05) is 64.1 Å². The molecule has 0 aliphatic heterocycles. The van der Waals surface area contributed by atoms with E-state index in [4.69, 9.17) is 19.4 Å². The summed E-state index contributed by atoms with van der Waals surface area (Å²) in [5.41, 5.74) is 8.02. The van der Waals surface area contributed by atoms with Crippen molar-refractivity contribution in [2.24, 2.45) is 0 Å². The quantitative estimate of drug-likeness (QED) is 0.177. The van der Waals surface area contributed by atoms with Crippen LogP contribution >= 0.6 is 11.3 Å². The summed E-state index contributed by atoms with van der Waals surface area (Å²) >= 11 is 1.78. The summed E-state index contributed by atoms with van der Waals surface area (Å²) < 4.78 is 11.4. The maximum Gasteiger partial charge on any atom is 0.165 e. The van der Waals surface area contributed by atoms with Crippen LogP contribution in [0.15, 0.2) is 199 Å². The zero-order valence-electron chi connectivity index (χ0n) is 33.6. The number of rotatable bonds is 4. The van der Waals surface area contributed by atoms with Crippen LogP contribution in [0.25, 0.3) is 136 Å². The van der Waals surface area contributed by atoms with Crippen LogP contribution in [0.5, 0.6) is 0 Å². The Hall–Kier alpha value is -8.19. The number of fused-ring (bicyclic) bond motifs is 14. The molecule has 0 saturated carbocycles. The Balaban J connectivity index is 0.959. The van der Waals surface area contributed by atoms with Gasteiger partial charge in [-0.3, -0.25) is 0 Å². The molecule has 6 heteroatoms. The lowest BCUT2D eigenvalue weighted by Crippen LogP contribution is -2.00. The highest BCUT2D eigenvalue weighted by Gasteiger charge is 2.20. The Labute approximate surface area is 363 Å². The molecule has 0 saturated heterocycles. The van der Waals surface area contributed by atoms with E-state index in [-0.39, 0.29) is 0 Å². The standard InChI is InChI=1S/C57H32N4OS/c1-2-12-34(13-3-1)55-58-56(60-57(59-55)44-19-10-18-43-42-17-8-9-20-51(42)63-54(43)44)38-21-25-41-37(29-38)23-27-50-53(41)46-32-39(24-28-49(46)62-50)61-47-26-22-33-11-6-7-16-40(33)52(47)45-30-35-14-4-5-15-36(35)31-48(45)61/h1-32H. The zero-order chi connectivity index (χ0) is 41.2. The minimum atomic E-state index is 0.629. The highest BCUT2D eigenvalue weighted by atomic mass is 32.1. The summed E-state index contributed by atoms with van der Waals surface area (Å²) in [7, 11) is 0. The number of hydrogen-bond acceptors (Lipinski definition) is 5. The van der Waals surface area contributed by atoms with Gasteiger partial charge in [0.1, 0.15) is 11.2 Å². The topological polar surface area (TPSA) is 56.7 Å². The van der Waals surface area contributed by atoms with E-state index in [9.17, 15) is 0 Å². The van der Waals surface area contributed by atoms with Crippen LogP contribution in [-0.4, -0.2) is 19.5 Å². The summed E-state index contributed by atoms with van der Waals surface area (Å²) in [5.74, 6) is 1.93. The largest absolute Gasteiger partial charge is 0.456 e. The molecule has 4 aromatic heterocycles. The molecule has 0 aliphatic rings. The molecule has 0 atom stereocenters. The van der Waals surface area contributed by atoms with Crippen molar-refractivity contribution in [3.63, 3.8) is 0 Å². The Bertz CT molecular complexity index is 4220. The lowest BCUT2D eigenvalue weighted by Gasteiger charge is -2.10. The Morgan fingerprint density at radius 3 is 1.97 bits per heavy atom. The zero-order valence-corrected chi connectivity index (χ0v) is 34.4. The second-order valence-corrected chi connectivity index (χ2v) is 17.4. The SMILES string of the molecule is c1ccc(-c2nc(-c3ccc4c(ccc5oc6ccc(-n7c8cc9ccccc9cc8c8c9ccccc9ccc87)cc6c54)c3)nc(-c3cccc4c3sc3ccccc34)n2)cc1. The van der Waals surface area contributed by atoms with Gasteiger partial charge in [0.15, 0.2) is 17.5 Å². The minimum absolute atomic E-state index is 0.629. The fraction of sp³-hybridized carbons (Fsp3) is 0. The maximum absolute atomic E-state index is 6.58. The van der Waals surface area contributed by atoms with E-state index >= 15 is 0 Å². The van der Waals surface area contributed by atoms with Crippen LogP contribution in [0, 0.1) is 0 Å². The second-order valence-electron chi connectivity index (χ2n) is 16.3. The molecule has 5 nitrogen and oxygen atoms in total. The van der Waals surface area contributed by atoms with Gasteiger partial charge in [0.05, 0.1) is 11.0 Å². The highest BCUT2D eigenvalue weighted by molar-refractivity contribution is 7.26. The molecule has 0 bridgehead atoms. The number of thiophene rings is 1. The number of aromatic nitrogens is 4. The van der Waals surface area contributed by atoms with Crippen molar-refractivity contribution in [1.29, 1.82) is 0 Å². The van der Waals surface area contributed by atoms with Crippen LogP contribution in [0.3, 0.4) is 0 Å². The number of furan rings is 1. The van der Waals surface area contributed by atoms with Crippen LogP contribution in [0.4, 0.5) is 0 Å². The van der Waals surface area contributed by atoms with Gasteiger partial charge in [-0.15, -0.1) is 11.3 Å². The highest BCUT2D eigenvalue weighted by Crippen LogP contribution is 2.43. The third kappa shape index (κ3) is 5.19. The fourth-order valence-corrected chi connectivity index (χ4v) is 11.1. The molecule has 14 rings (SSSR count). The van der Waals surface area contributed by atoms with Crippen LogP contribution < -0.4 is 0 Å². The molecule has 292 valence electrons. The van der Waals surface area contributed by atoms with Gasteiger partial charge < -0.3 is 8.98 Å². The first-order valence-corrected chi connectivity index (χ1v) is 22.0. The average molecular weight is 821 g/mol. The van der Waals surface area contributed by atoms with Crippen molar-refractivity contribution in [1.82, 2.24) is 19.5 Å². The average Bonchev–Trinajstić information content (AvgIpc) is 4.02. The van der Waals surface area contributed by atoms with Crippen molar-refractivity contribution >= 4 is 108 Å². The number of hydrogen-bond donors (Lipinski definition) is 0. The molecule has 0 amide bonds. The molecule has 0 fully saturated rings. The lowest BCUT2D eigenvalue weighted by molar-refractivity contribution is 0.669. The lowest BCUT2D eigenvalue weighted by atomic mass is 10.0. The maximum atomic E-state index is 6.58. The van der Waals surface area contributed by atoms with E-state index in [1.807, 2.05) is 18.2 Å². The summed E-state index contributed by atoms with van der Waals surface area (Å²) in [5, 5.41) is 14.3. The minimum Gasteiger partial charge on any atom is -0.456 e. The third-order valence-electron chi connectivity index (χ3n) is 12.8. The van der Waals surface area contributed by atoms with Crippen molar-refractivity contribution < 1.29 is 4.42 Å². The summed E-state index contributed by atoms with van der Waals surface area (Å²) in [6.45, 7) is 0. The predicted octanol–water partition coefficient (Wildman–Crippen LogP) is 15.7. The second kappa shape index (κ2) is 13.2. The van der Waals surface area contributed by atoms with Crippen molar-refractivity contribution in [2.75, 3.05) is 0 Å². The van der Waals surface area contributed by atoms with Crippen LogP contribution in [-0.2, 0) is 0 Å². The summed E-state index contributed by atoms with van der Waals surface area (Å²) in [4.78, 5) is 15.5. The molecule has 0 spiro atoms. The molecular formula is C57H32N4OS. The molecule has 10 aromatic carbocycles. The molecule has 63 heavy (non-hydrogen) atoms. The molecular weight excluding hydrogens is 789 g/mol. The van der Waals surface area contributed by atoms with Crippen molar-refractivity contribution in [3.05, 3.63) is 194 Å². The Kier molecular flexibility index (Phi) is 7.21. The molecule has 0 aliphatic carbocycles.